The lowest BCUT2D eigenvalue weighted by molar-refractivity contribution is -0.135. The zero-order valence-corrected chi connectivity index (χ0v) is 10.7. The van der Waals surface area contributed by atoms with Crippen LogP contribution in [-0.2, 0) is 0 Å². The van der Waals surface area contributed by atoms with Crippen LogP contribution in [0.15, 0.2) is 23.1 Å². The number of thiol groups is 1. The van der Waals surface area contributed by atoms with E-state index in [0.29, 0.717) is 10.5 Å². The molecule has 0 unspecified atom stereocenters. The van der Waals surface area contributed by atoms with E-state index in [1.54, 1.807) is 25.1 Å². The lowest BCUT2D eigenvalue weighted by Gasteiger charge is -2.09. The van der Waals surface area contributed by atoms with Gasteiger partial charge in [0.25, 0.3) is 5.91 Å². The largest absolute Gasteiger partial charge is 0.389 e. The zero-order valence-electron chi connectivity index (χ0n) is 9.84. The molecule has 100 valence electrons. The standard InChI is InChI=1S/C12H14F3NOS/c1-8-3-4-9(18)7-10(8)11(17)16-6-2-5-12(13,14)15/h3-4,7,18H,2,5-6H2,1H3,(H,16,17). The van der Waals surface area contributed by atoms with Gasteiger partial charge >= 0.3 is 6.18 Å². The third-order valence-electron chi connectivity index (χ3n) is 2.39. The highest BCUT2D eigenvalue weighted by molar-refractivity contribution is 7.80. The van der Waals surface area contributed by atoms with Gasteiger partial charge in [-0.3, -0.25) is 4.79 Å². The third-order valence-corrected chi connectivity index (χ3v) is 2.67. The van der Waals surface area contributed by atoms with Crippen LogP contribution in [-0.4, -0.2) is 18.6 Å². The molecule has 0 atom stereocenters. The Morgan fingerprint density at radius 2 is 2.06 bits per heavy atom. The van der Waals surface area contributed by atoms with Gasteiger partial charge in [0.15, 0.2) is 0 Å². The summed E-state index contributed by atoms with van der Waals surface area (Å²) in [6.45, 7) is 1.77. The molecular formula is C12H14F3NOS. The Bertz CT molecular complexity index is 432. The van der Waals surface area contributed by atoms with Crippen molar-refractivity contribution in [2.24, 2.45) is 0 Å². The second-order valence-corrected chi connectivity index (χ2v) is 4.49. The highest BCUT2D eigenvalue weighted by Crippen LogP contribution is 2.20. The first-order valence-corrected chi connectivity index (χ1v) is 5.89. The van der Waals surface area contributed by atoms with Crippen molar-refractivity contribution >= 4 is 18.5 Å². The molecule has 0 aliphatic rings. The fourth-order valence-electron chi connectivity index (χ4n) is 1.44. The van der Waals surface area contributed by atoms with Gasteiger partial charge in [-0.2, -0.15) is 13.2 Å². The Kier molecular flexibility index (Phi) is 5.07. The minimum Gasteiger partial charge on any atom is -0.352 e. The van der Waals surface area contributed by atoms with E-state index in [1.165, 1.54) is 0 Å². The van der Waals surface area contributed by atoms with Gasteiger partial charge in [0.05, 0.1) is 0 Å². The summed E-state index contributed by atoms with van der Waals surface area (Å²) in [6, 6.07) is 5.09. The number of hydrogen-bond acceptors (Lipinski definition) is 2. The molecule has 0 aliphatic heterocycles. The lowest BCUT2D eigenvalue weighted by atomic mass is 10.1. The van der Waals surface area contributed by atoms with Crippen molar-refractivity contribution in [2.75, 3.05) is 6.54 Å². The maximum Gasteiger partial charge on any atom is 0.389 e. The second kappa shape index (κ2) is 6.13. The Morgan fingerprint density at radius 3 is 2.67 bits per heavy atom. The van der Waals surface area contributed by atoms with E-state index in [0.717, 1.165) is 5.56 Å². The molecule has 1 aromatic carbocycles. The minimum absolute atomic E-state index is 0.00851. The predicted octanol–water partition coefficient (Wildman–Crippen LogP) is 3.36. The van der Waals surface area contributed by atoms with Crippen LogP contribution in [0.3, 0.4) is 0 Å². The van der Waals surface area contributed by atoms with Crippen molar-refractivity contribution in [3.05, 3.63) is 29.3 Å². The van der Waals surface area contributed by atoms with Gasteiger partial charge in [-0.25, -0.2) is 0 Å². The lowest BCUT2D eigenvalue weighted by Crippen LogP contribution is -2.26. The van der Waals surface area contributed by atoms with Crippen LogP contribution in [0.2, 0.25) is 0 Å². The average Bonchev–Trinajstić information content (AvgIpc) is 2.26. The molecular weight excluding hydrogens is 263 g/mol. The fraction of sp³-hybridized carbons (Fsp3) is 0.417. The molecule has 0 bridgehead atoms. The summed E-state index contributed by atoms with van der Waals surface area (Å²) < 4.78 is 35.7. The normalized spacial score (nSPS) is 11.4. The van der Waals surface area contributed by atoms with Gasteiger partial charge in [-0.05, 0) is 31.0 Å². The number of hydrogen-bond donors (Lipinski definition) is 2. The smallest absolute Gasteiger partial charge is 0.352 e. The molecule has 1 amide bonds. The summed E-state index contributed by atoms with van der Waals surface area (Å²) >= 11 is 4.11. The first kappa shape index (κ1) is 14.9. The van der Waals surface area contributed by atoms with Gasteiger partial charge in [0, 0.05) is 23.4 Å². The fourth-order valence-corrected chi connectivity index (χ4v) is 1.64. The number of nitrogens with one attached hydrogen (secondary N) is 1. The van der Waals surface area contributed by atoms with Crippen LogP contribution in [0.1, 0.15) is 28.8 Å². The SMILES string of the molecule is Cc1ccc(S)cc1C(=O)NCCCC(F)(F)F. The molecule has 1 rings (SSSR count). The summed E-state index contributed by atoms with van der Waals surface area (Å²) in [7, 11) is 0. The van der Waals surface area contributed by atoms with Crippen molar-refractivity contribution in [3.63, 3.8) is 0 Å². The topological polar surface area (TPSA) is 29.1 Å². The Morgan fingerprint density at radius 1 is 1.39 bits per heavy atom. The zero-order chi connectivity index (χ0) is 13.8. The van der Waals surface area contributed by atoms with E-state index in [4.69, 9.17) is 0 Å². The molecule has 0 saturated carbocycles. The molecule has 0 spiro atoms. The highest BCUT2D eigenvalue weighted by Gasteiger charge is 2.26. The molecule has 0 aliphatic carbocycles. The number of amides is 1. The van der Waals surface area contributed by atoms with Crippen LogP contribution in [0.5, 0.6) is 0 Å². The molecule has 2 nitrogen and oxygen atoms in total. The maximum atomic E-state index is 11.9. The molecule has 0 aromatic heterocycles. The molecule has 0 radical (unpaired) electrons. The van der Waals surface area contributed by atoms with Crippen molar-refractivity contribution in [1.82, 2.24) is 5.32 Å². The average molecular weight is 277 g/mol. The van der Waals surface area contributed by atoms with Gasteiger partial charge in [0.1, 0.15) is 0 Å². The van der Waals surface area contributed by atoms with Crippen LogP contribution in [0.25, 0.3) is 0 Å². The molecule has 1 N–H and O–H groups in total. The van der Waals surface area contributed by atoms with Gasteiger partial charge in [0.2, 0.25) is 0 Å². The summed E-state index contributed by atoms with van der Waals surface area (Å²) in [5, 5.41) is 2.47. The maximum absolute atomic E-state index is 11.9. The van der Waals surface area contributed by atoms with E-state index in [-0.39, 0.29) is 18.9 Å². The van der Waals surface area contributed by atoms with Gasteiger partial charge < -0.3 is 5.32 Å². The number of carbonyl (C=O) groups excluding carboxylic acids is 1. The van der Waals surface area contributed by atoms with Crippen LogP contribution in [0.4, 0.5) is 13.2 Å². The van der Waals surface area contributed by atoms with E-state index in [1.807, 2.05) is 0 Å². The molecule has 6 heteroatoms. The van der Waals surface area contributed by atoms with E-state index >= 15 is 0 Å². The number of carbonyl (C=O) groups is 1. The van der Waals surface area contributed by atoms with Crippen molar-refractivity contribution in [1.29, 1.82) is 0 Å². The van der Waals surface area contributed by atoms with E-state index < -0.39 is 12.6 Å². The third kappa shape index (κ3) is 5.00. The second-order valence-electron chi connectivity index (χ2n) is 3.97. The van der Waals surface area contributed by atoms with E-state index in [2.05, 4.69) is 17.9 Å². The Labute approximate surface area is 109 Å². The monoisotopic (exact) mass is 277 g/mol. The van der Waals surface area contributed by atoms with Gasteiger partial charge in [-0.1, -0.05) is 6.07 Å². The minimum atomic E-state index is -4.17. The first-order valence-electron chi connectivity index (χ1n) is 5.44. The highest BCUT2D eigenvalue weighted by atomic mass is 32.1. The van der Waals surface area contributed by atoms with Crippen molar-refractivity contribution < 1.29 is 18.0 Å². The number of benzene rings is 1. The van der Waals surface area contributed by atoms with Crippen molar-refractivity contribution in [2.45, 2.75) is 30.8 Å². The molecule has 1 aromatic rings. The van der Waals surface area contributed by atoms with E-state index in [9.17, 15) is 18.0 Å². The van der Waals surface area contributed by atoms with Crippen LogP contribution in [0, 0.1) is 6.92 Å². The first-order chi connectivity index (χ1) is 8.29. The summed E-state index contributed by atoms with van der Waals surface area (Å²) in [5.41, 5.74) is 1.20. The molecule has 18 heavy (non-hydrogen) atoms. The number of aryl methyl sites for hydroxylation is 1. The summed E-state index contributed by atoms with van der Waals surface area (Å²) in [4.78, 5) is 12.4. The van der Waals surface area contributed by atoms with Gasteiger partial charge in [-0.15, -0.1) is 12.6 Å². The summed E-state index contributed by atoms with van der Waals surface area (Å²) in [6.07, 6.45) is -5.18. The van der Waals surface area contributed by atoms with Crippen LogP contribution < -0.4 is 5.32 Å². The Hall–Kier alpha value is -1.17. The summed E-state index contributed by atoms with van der Waals surface area (Å²) in [5.74, 6) is -0.370. The molecule has 0 heterocycles. The Balaban J connectivity index is 2.48. The number of alkyl halides is 3. The number of halogens is 3. The molecule has 0 fully saturated rings. The van der Waals surface area contributed by atoms with Crippen LogP contribution >= 0.6 is 12.6 Å². The molecule has 0 saturated heterocycles. The predicted molar refractivity (Wildman–Crippen MR) is 66.1 cm³/mol. The number of rotatable bonds is 4. The van der Waals surface area contributed by atoms with Crippen molar-refractivity contribution in [3.8, 4) is 0 Å². The quantitative estimate of drug-likeness (QED) is 0.641.